The highest BCUT2D eigenvalue weighted by atomic mass is 32.1. The first kappa shape index (κ1) is 14.7. The fraction of sp³-hybridized carbons (Fsp3) is 0.312. The van der Waals surface area contributed by atoms with Crippen molar-refractivity contribution in [3.8, 4) is 0 Å². The van der Waals surface area contributed by atoms with Crippen LogP contribution in [0.1, 0.15) is 10.7 Å². The lowest BCUT2D eigenvalue weighted by molar-refractivity contribution is -0.126. The molecule has 1 fully saturated rings. The molecule has 6 heteroatoms. The van der Waals surface area contributed by atoms with Crippen molar-refractivity contribution < 1.29 is 4.79 Å². The van der Waals surface area contributed by atoms with E-state index in [0.29, 0.717) is 0 Å². The molecule has 0 spiro atoms. The average Bonchev–Trinajstić information content (AvgIpc) is 2.99. The van der Waals surface area contributed by atoms with Crippen LogP contribution in [-0.4, -0.2) is 47.0 Å². The number of carbonyl (C=O) groups excluding carboxylic acids is 1. The van der Waals surface area contributed by atoms with E-state index in [1.54, 1.807) is 35.9 Å². The highest BCUT2D eigenvalue weighted by Gasteiger charge is 2.19. The van der Waals surface area contributed by atoms with Gasteiger partial charge in [-0.2, -0.15) is 0 Å². The van der Waals surface area contributed by atoms with E-state index in [-0.39, 0.29) is 5.91 Å². The largest absolute Gasteiger partial charge is 0.368 e. The van der Waals surface area contributed by atoms with Gasteiger partial charge in [0.05, 0.1) is 10.7 Å². The number of aryl methyl sites for hydroxylation is 1. The van der Waals surface area contributed by atoms with Crippen molar-refractivity contribution >= 4 is 29.0 Å². The van der Waals surface area contributed by atoms with Crippen molar-refractivity contribution in [2.24, 2.45) is 0 Å². The summed E-state index contributed by atoms with van der Waals surface area (Å²) in [6.07, 6.45) is 7.01. The lowest BCUT2D eigenvalue weighted by Crippen LogP contribution is -2.48. The van der Waals surface area contributed by atoms with Gasteiger partial charge in [0.1, 0.15) is 0 Å². The Morgan fingerprint density at radius 1 is 1.23 bits per heavy atom. The van der Waals surface area contributed by atoms with E-state index in [9.17, 15) is 4.79 Å². The second kappa shape index (κ2) is 6.70. The Labute approximate surface area is 133 Å². The van der Waals surface area contributed by atoms with Gasteiger partial charge in [0.2, 0.25) is 5.91 Å². The fourth-order valence-electron chi connectivity index (χ4n) is 2.46. The van der Waals surface area contributed by atoms with E-state index in [2.05, 4.69) is 14.9 Å². The second-order valence-corrected chi connectivity index (χ2v) is 6.20. The average molecular weight is 314 g/mol. The number of carbonyl (C=O) groups is 1. The molecule has 0 aromatic carbocycles. The Bertz CT molecular complexity index is 660. The molecule has 2 aromatic heterocycles. The van der Waals surface area contributed by atoms with Gasteiger partial charge in [0.25, 0.3) is 0 Å². The van der Waals surface area contributed by atoms with E-state index < -0.39 is 0 Å². The number of piperazine rings is 1. The lowest BCUT2D eigenvalue weighted by Gasteiger charge is -2.35. The molecule has 1 amide bonds. The molecular formula is C16H18N4OS. The first-order valence-electron chi connectivity index (χ1n) is 7.26. The van der Waals surface area contributed by atoms with Crippen molar-refractivity contribution in [3.05, 3.63) is 46.7 Å². The summed E-state index contributed by atoms with van der Waals surface area (Å²) in [5, 5.41) is 2.97. The summed E-state index contributed by atoms with van der Waals surface area (Å²) < 4.78 is 0. The predicted octanol–water partition coefficient (Wildman–Crippen LogP) is 2.21. The molecule has 3 heterocycles. The summed E-state index contributed by atoms with van der Waals surface area (Å²) in [6, 6.07) is 4.00. The summed E-state index contributed by atoms with van der Waals surface area (Å²) in [6.45, 7) is 5.13. The fourth-order valence-corrected chi connectivity index (χ4v) is 3.04. The van der Waals surface area contributed by atoms with E-state index in [0.717, 1.165) is 42.6 Å². The maximum Gasteiger partial charge on any atom is 0.246 e. The number of nitrogens with zero attached hydrogens (tertiary/aromatic N) is 4. The smallest absolute Gasteiger partial charge is 0.246 e. The number of anilines is 1. The van der Waals surface area contributed by atoms with E-state index in [1.807, 2.05) is 29.3 Å². The molecule has 0 unspecified atom stereocenters. The van der Waals surface area contributed by atoms with Crippen molar-refractivity contribution in [3.63, 3.8) is 0 Å². The first-order chi connectivity index (χ1) is 10.7. The van der Waals surface area contributed by atoms with Gasteiger partial charge in [-0.05, 0) is 25.1 Å². The molecule has 5 nitrogen and oxygen atoms in total. The van der Waals surface area contributed by atoms with Crippen molar-refractivity contribution in [1.29, 1.82) is 0 Å². The number of pyridine rings is 1. The van der Waals surface area contributed by atoms with Gasteiger partial charge >= 0.3 is 0 Å². The molecule has 1 aliphatic rings. The minimum absolute atomic E-state index is 0.0556. The van der Waals surface area contributed by atoms with Gasteiger partial charge in [-0.1, -0.05) is 0 Å². The standard InChI is InChI=1S/C16H18N4OS/c1-13-18-14(12-22-13)2-3-16(21)20-10-8-19(9-11-20)15-4-6-17-7-5-15/h2-7,12H,8-11H2,1H3/b3-2+. The number of thiazole rings is 1. The van der Waals surface area contributed by atoms with Crippen molar-refractivity contribution in [2.45, 2.75) is 6.92 Å². The molecule has 1 saturated heterocycles. The molecule has 0 N–H and O–H groups in total. The number of rotatable bonds is 3. The topological polar surface area (TPSA) is 49.3 Å². The molecule has 3 rings (SSSR count). The number of hydrogen-bond acceptors (Lipinski definition) is 5. The SMILES string of the molecule is Cc1nc(/C=C/C(=O)N2CCN(c3ccncc3)CC2)cs1. The van der Waals surface area contributed by atoms with Crippen LogP contribution < -0.4 is 4.90 Å². The Balaban J connectivity index is 1.55. The first-order valence-corrected chi connectivity index (χ1v) is 8.14. The molecular weight excluding hydrogens is 296 g/mol. The second-order valence-electron chi connectivity index (χ2n) is 5.14. The maximum atomic E-state index is 12.2. The Morgan fingerprint density at radius 2 is 1.95 bits per heavy atom. The Hall–Kier alpha value is -2.21. The quantitative estimate of drug-likeness (QED) is 0.815. The zero-order chi connectivity index (χ0) is 15.4. The molecule has 0 aliphatic carbocycles. The molecule has 0 bridgehead atoms. The third-order valence-corrected chi connectivity index (χ3v) is 4.44. The monoisotopic (exact) mass is 314 g/mol. The van der Waals surface area contributed by atoms with Crippen LogP contribution in [0.15, 0.2) is 36.0 Å². The molecule has 0 radical (unpaired) electrons. The van der Waals surface area contributed by atoms with Gasteiger partial charge in [0, 0.05) is 55.7 Å². The molecule has 0 saturated carbocycles. The summed E-state index contributed by atoms with van der Waals surface area (Å²) >= 11 is 1.59. The zero-order valence-electron chi connectivity index (χ0n) is 12.5. The van der Waals surface area contributed by atoms with Crippen LogP contribution in [-0.2, 0) is 4.79 Å². The lowest BCUT2D eigenvalue weighted by atomic mass is 10.2. The van der Waals surface area contributed by atoms with Crippen LogP contribution in [0.25, 0.3) is 6.08 Å². The predicted molar refractivity (Wildman–Crippen MR) is 88.9 cm³/mol. The molecule has 1 aliphatic heterocycles. The number of aromatic nitrogens is 2. The number of hydrogen-bond donors (Lipinski definition) is 0. The van der Waals surface area contributed by atoms with Crippen LogP contribution in [0.4, 0.5) is 5.69 Å². The van der Waals surface area contributed by atoms with Crippen LogP contribution in [0, 0.1) is 6.92 Å². The molecule has 22 heavy (non-hydrogen) atoms. The minimum Gasteiger partial charge on any atom is -0.368 e. The van der Waals surface area contributed by atoms with Crippen LogP contribution in [0.3, 0.4) is 0 Å². The van der Waals surface area contributed by atoms with Gasteiger partial charge in [-0.15, -0.1) is 11.3 Å². The normalized spacial score (nSPS) is 15.5. The highest BCUT2D eigenvalue weighted by Crippen LogP contribution is 2.15. The van der Waals surface area contributed by atoms with Crippen LogP contribution in [0.2, 0.25) is 0 Å². The third-order valence-electron chi connectivity index (χ3n) is 3.65. The highest BCUT2D eigenvalue weighted by molar-refractivity contribution is 7.09. The van der Waals surface area contributed by atoms with E-state index >= 15 is 0 Å². The van der Waals surface area contributed by atoms with E-state index in [1.165, 1.54) is 0 Å². The summed E-state index contributed by atoms with van der Waals surface area (Å²) in [4.78, 5) is 24.7. The summed E-state index contributed by atoms with van der Waals surface area (Å²) in [7, 11) is 0. The van der Waals surface area contributed by atoms with Crippen LogP contribution in [0.5, 0.6) is 0 Å². The third kappa shape index (κ3) is 3.51. The van der Waals surface area contributed by atoms with Gasteiger partial charge in [0.15, 0.2) is 0 Å². The van der Waals surface area contributed by atoms with Crippen molar-refractivity contribution in [1.82, 2.24) is 14.9 Å². The van der Waals surface area contributed by atoms with Gasteiger partial charge in [-0.3, -0.25) is 9.78 Å². The number of amides is 1. The van der Waals surface area contributed by atoms with Gasteiger partial charge in [-0.25, -0.2) is 4.98 Å². The Kier molecular flexibility index (Phi) is 4.48. The summed E-state index contributed by atoms with van der Waals surface area (Å²) in [5.74, 6) is 0.0556. The molecule has 0 atom stereocenters. The maximum absolute atomic E-state index is 12.2. The molecule has 114 valence electrons. The van der Waals surface area contributed by atoms with E-state index in [4.69, 9.17) is 0 Å². The Morgan fingerprint density at radius 3 is 2.59 bits per heavy atom. The van der Waals surface area contributed by atoms with Gasteiger partial charge < -0.3 is 9.80 Å². The minimum atomic E-state index is 0.0556. The van der Waals surface area contributed by atoms with Crippen molar-refractivity contribution in [2.75, 3.05) is 31.1 Å². The molecule has 2 aromatic rings. The zero-order valence-corrected chi connectivity index (χ0v) is 13.3. The summed E-state index contributed by atoms with van der Waals surface area (Å²) in [5.41, 5.74) is 2.02. The van der Waals surface area contributed by atoms with Crippen LogP contribution >= 0.6 is 11.3 Å².